The smallest absolute Gasteiger partial charge is 0.207 e. The van der Waals surface area contributed by atoms with E-state index in [1.165, 1.54) is 12.1 Å². The molecular weight excluding hydrogens is 301 g/mol. The zero-order valence-corrected chi connectivity index (χ0v) is 11.4. The Morgan fingerprint density at radius 2 is 2.33 bits per heavy atom. The van der Waals surface area contributed by atoms with Crippen LogP contribution in [0, 0.1) is 5.82 Å². The predicted molar refractivity (Wildman–Crippen MR) is 71.6 cm³/mol. The van der Waals surface area contributed by atoms with Gasteiger partial charge in [0.2, 0.25) is 5.95 Å². The number of hydrogen-bond donors (Lipinski definition) is 1. The molecule has 6 heteroatoms. The zero-order chi connectivity index (χ0) is 13.0. The third-order valence-electron chi connectivity index (χ3n) is 2.40. The van der Waals surface area contributed by atoms with Gasteiger partial charge in [0, 0.05) is 30.5 Å². The lowest BCUT2D eigenvalue weighted by molar-refractivity contribution is 0.210. The molecule has 2 aromatic rings. The summed E-state index contributed by atoms with van der Waals surface area (Å²) in [4.78, 5) is 4.19. The Hall–Kier alpha value is -1.40. The molecule has 0 saturated heterocycles. The van der Waals surface area contributed by atoms with Crippen LogP contribution in [0.1, 0.15) is 0 Å². The number of hydrogen-bond acceptors (Lipinski definition) is 3. The van der Waals surface area contributed by atoms with Crippen molar-refractivity contribution in [2.75, 3.05) is 25.6 Å². The van der Waals surface area contributed by atoms with Crippen LogP contribution in [-0.4, -0.2) is 29.8 Å². The van der Waals surface area contributed by atoms with Crippen LogP contribution in [0.2, 0.25) is 0 Å². The van der Waals surface area contributed by atoms with Crippen molar-refractivity contribution in [1.82, 2.24) is 9.55 Å². The Labute approximate surface area is 113 Å². The standard InChI is InChI=1S/C12H13BrFN3O/c1-18-7-5-16-12-15-4-6-17(12)11-8-9(14)2-3-10(11)13/h2-4,6,8H,5,7H2,1H3,(H,15,16). The van der Waals surface area contributed by atoms with Gasteiger partial charge >= 0.3 is 0 Å². The largest absolute Gasteiger partial charge is 0.383 e. The van der Waals surface area contributed by atoms with E-state index >= 15 is 0 Å². The van der Waals surface area contributed by atoms with E-state index in [1.54, 1.807) is 30.1 Å². The van der Waals surface area contributed by atoms with Crippen molar-refractivity contribution in [1.29, 1.82) is 0 Å². The summed E-state index contributed by atoms with van der Waals surface area (Å²) in [5, 5.41) is 3.12. The predicted octanol–water partition coefficient (Wildman–Crippen LogP) is 2.83. The average Bonchev–Trinajstić information content (AvgIpc) is 2.81. The van der Waals surface area contributed by atoms with Crippen molar-refractivity contribution in [2.45, 2.75) is 0 Å². The van der Waals surface area contributed by atoms with Crippen LogP contribution in [0.15, 0.2) is 35.1 Å². The maximum atomic E-state index is 13.3. The molecule has 18 heavy (non-hydrogen) atoms. The SMILES string of the molecule is COCCNc1nccn1-c1cc(F)ccc1Br. The highest BCUT2D eigenvalue weighted by Crippen LogP contribution is 2.24. The van der Waals surface area contributed by atoms with Crippen LogP contribution in [0.25, 0.3) is 5.69 Å². The minimum atomic E-state index is -0.287. The van der Waals surface area contributed by atoms with Crippen molar-refractivity contribution >= 4 is 21.9 Å². The second-order valence-electron chi connectivity index (χ2n) is 3.64. The first-order valence-electron chi connectivity index (χ1n) is 5.44. The van der Waals surface area contributed by atoms with Gasteiger partial charge in [-0.3, -0.25) is 4.57 Å². The molecule has 0 amide bonds. The highest BCUT2D eigenvalue weighted by atomic mass is 79.9. The summed E-state index contributed by atoms with van der Waals surface area (Å²) >= 11 is 3.40. The topological polar surface area (TPSA) is 39.1 Å². The number of nitrogens with one attached hydrogen (secondary N) is 1. The van der Waals surface area contributed by atoms with Crippen molar-refractivity contribution in [2.24, 2.45) is 0 Å². The first-order valence-corrected chi connectivity index (χ1v) is 6.23. The van der Waals surface area contributed by atoms with E-state index in [1.807, 2.05) is 0 Å². The molecule has 1 heterocycles. The van der Waals surface area contributed by atoms with E-state index in [4.69, 9.17) is 4.74 Å². The summed E-state index contributed by atoms with van der Waals surface area (Å²) in [6.45, 7) is 1.22. The third-order valence-corrected chi connectivity index (χ3v) is 3.07. The van der Waals surface area contributed by atoms with Crippen molar-refractivity contribution in [3.63, 3.8) is 0 Å². The number of aromatic nitrogens is 2. The fourth-order valence-electron chi connectivity index (χ4n) is 1.56. The molecule has 0 atom stereocenters. The molecule has 2 rings (SSSR count). The Balaban J connectivity index is 2.27. The summed E-state index contributed by atoms with van der Waals surface area (Å²) in [6, 6.07) is 4.53. The third kappa shape index (κ3) is 2.88. The van der Waals surface area contributed by atoms with E-state index in [9.17, 15) is 4.39 Å². The van der Waals surface area contributed by atoms with E-state index in [2.05, 4.69) is 26.2 Å². The second-order valence-corrected chi connectivity index (χ2v) is 4.49. The summed E-state index contributed by atoms with van der Waals surface area (Å²) in [5.74, 6) is 0.364. The molecule has 1 aromatic heterocycles. The van der Waals surface area contributed by atoms with Crippen LogP contribution < -0.4 is 5.32 Å². The lowest BCUT2D eigenvalue weighted by atomic mass is 10.3. The molecule has 0 radical (unpaired) electrons. The summed E-state index contributed by atoms with van der Waals surface area (Å²) < 4.78 is 20.8. The lowest BCUT2D eigenvalue weighted by Crippen LogP contribution is -2.11. The van der Waals surface area contributed by atoms with E-state index in [0.29, 0.717) is 24.8 Å². The first-order chi connectivity index (χ1) is 8.72. The number of rotatable bonds is 5. The van der Waals surface area contributed by atoms with E-state index < -0.39 is 0 Å². The number of imidazole rings is 1. The van der Waals surface area contributed by atoms with Crippen LogP contribution in [0.3, 0.4) is 0 Å². The molecule has 0 bridgehead atoms. The average molecular weight is 314 g/mol. The van der Waals surface area contributed by atoms with Crippen LogP contribution >= 0.6 is 15.9 Å². The molecule has 0 unspecified atom stereocenters. The van der Waals surface area contributed by atoms with Gasteiger partial charge in [-0.15, -0.1) is 0 Å². The van der Waals surface area contributed by atoms with Crippen LogP contribution in [0.5, 0.6) is 0 Å². The zero-order valence-electron chi connectivity index (χ0n) is 9.86. The quantitative estimate of drug-likeness (QED) is 0.863. The number of methoxy groups -OCH3 is 1. The molecule has 0 saturated carbocycles. The Morgan fingerprint density at radius 3 is 3.11 bits per heavy atom. The van der Waals surface area contributed by atoms with Crippen molar-refractivity contribution in [3.8, 4) is 5.69 Å². The molecule has 96 valence electrons. The molecule has 0 fully saturated rings. The minimum Gasteiger partial charge on any atom is -0.383 e. The van der Waals surface area contributed by atoms with Crippen molar-refractivity contribution < 1.29 is 9.13 Å². The van der Waals surface area contributed by atoms with E-state index in [0.717, 1.165) is 4.47 Å². The van der Waals surface area contributed by atoms with Gasteiger partial charge in [0.25, 0.3) is 0 Å². The van der Waals surface area contributed by atoms with Gasteiger partial charge in [0.1, 0.15) is 5.82 Å². The maximum absolute atomic E-state index is 13.3. The highest BCUT2D eigenvalue weighted by molar-refractivity contribution is 9.10. The fraction of sp³-hybridized carbons (Fsp3) is 0.250. The summed E-state index contributed by atoms with van der Waals surface area (Å²) in [7, 11) is 1.64. The number of anilines is 1. The molecule has 4 nitrogen and oxygen atoms in total. The van der Waals surface area contributed by atoms with Gasteiger partial charge < -0.3 is 10.1 Å². The Bertz CT molecular complexity index is 530. The minimum absolute atomic E-state index is 0.287. The second kappa shape index (κ2) is 5.97. The maximum Gasteiger partial charge on any atom is 0.207 e. The number of benzene rings is 1. The molecule has 1 aromatic carbocycles. The van der Waals surface area contributed by atoms with E-state index in [-0.39, 0.29) is 5.82 Å². The van der Waals surface area contributed by atoms with Gasteiger partial charge in [0.15, 0.2) is 0 Å². The Morgan fingerprint density at radius 1 is 1.50 bits per heavy atom. The van der Waals surface area contributed by atoms with Gasteiger partial charge in [-0.05, 0) is 34.1 Å². The highest BCUT2D eigenvalue weighted by Gasteiger charge is 2.08. The first kappa shape index (κ1) is 13.0. The van der Waals surface area contributed by atoms with Crippen LogP contribution in [-0.2, 0) is 4.74 Å². The molecule has 0 aliphatic carbocycles. The molecular formula is C12H13BrFN3O. The molecule has 0 aliphatic rings. The van der Waals surface area contributed by atoms with Gasteiger partial charge in [0.05, 0.1) is 12.3 Å². The van der Waals surface area contributed by atoms with Gasteiger partial charge in [-0.1, -0.05) is 0 Å². The molecule has 1 N–H and O–H groups in total. The number of halogens is 2. The summed E-state index contributed by atoms with van der Waals surface area (Å²) in [6.07, 6.45) is 3.43. The number of ether oxygens (including phenoxy) is 1. The Kier molecular flexibility index (Phi) is 4.33. The van der Waals surface area contributed by atoms with Gasteiger partial charge in [-0.2, -0.15) is 0 Å². The fourth-order valence-corrected chi connectivity index (χ4v) is 2.00. The summed E-state index contributed by atoms with van der Waals surface area (Å²) in [5.41, 5.74) is 0.701. The molecule has 0 spiro atoms. The van der Waals surface area contributed by atoms with Crippen LogP contribution in [0.4, 0.5) is 10.3 Å². The van der Waals surface area contributed by atoms with Crippen molar-refractivity contribution in [3.05, 3.63) is 40.9 Å². The lowest BCUT2D eigenvalue weighted by Gasteiger charge is -2.11. The molecule has 0 aliphatic heterocycles. The normalized spacial score (nSPS) is 10.6. The monoisotopic (exact) mass is 313 g/mol. The number of nitrogens with zero attached hydrogens (tertiary/aromatic N) is 2. The van der Waals surface area contributed by atoms with Gasteiger partial charge in [-0.25, -0.2) is 9.37 Å².